The number of hydrogen-bond donors (Lipinski definition) is 1. The van der Waals surface area contributed by atoms with Gasteiger partial charge in [-0.1, -0.05) is 13.8 Å². The lowest BCUT2D eigenvalue weighted by Gasteiger charge is -2.30. The van der Waals surface area contributed by atoms with Crippen molar-refractivity contribution in [1.82, 2.24) is 14.9 Å². The van der Waals surface area contributed by atoms with Crippen LogP contribution in [0, 0.1) is 0 Å². The van der Waals surface area contributed by atoms with Crippen LogP contribution < -0.4 is 5.73 Å². The van der Waals surface area contributed by atoms with E-state index in [0.29, 0.717) is 11.7 Å². The van der Waals surface area contributed by atoms with Crippen LogP contribution in [0.3, 0.4) is 0 Å². The molecule has 2 heterocycles. The smallest absolute Gasteiger partial charge is 0.272 e. The van der Waals surface area contributed by atoms with Crippen LogP contribution in [0.2, 0.25) is 0 Å². The molecular formula is C14H22N4OS. The number of anilines is 1. The van der Waals surface area contributed by atoms with E-state index in [-0.39, 0.29) is 17.8 Å². The third kappa shape index (κ3) is 3.42. The highest BCUT2D eigenvalue weighted by atomic mass is 32.2. The van der Waals surface area contributed by atoms with Crippen molar-refractivity contribution in [1.29, 1.82) is 0 Å². The van der Waals surface area contributed by atoms with E-state index in [2.05, 4.69) is 9.97 Å². The summed E-state index contributed by atoms with van der Waals surface area (Å²) in [6.45, 7) is 4.05. The van der Waals surface area contributed by atoms with Crippen molar-refractivity contribution >= 4 is 23.6 Å². The van der Waals surface area contributed by atoms with Crippen molar-refractivity contribution < 1.29 is 4.79 Å². The molecule has 1 amide bonds. The summed E-state index contributed by atoms with van der Waals surface area (Å²) >= 11 is 1.95. The van der Waals surface area contributed by atoms with Gasteiger partial charge in [0.2, 0.25) is 5.95 Å². The maximum atomic E-state index is 12.5. The van der Waals surface area contributed by atoms with Gasteiger partial charge in [-0.2, -0.15) is 11.8 Å². The minimum Gasteiger partial charge on any atom is -0.368 e. The van der Waals surface area contributed by atoms with Crippen LogP contribution in [0.4, 0.5) is 5.95 Å². The van der Waals surface area contributed by atoms with Gasteiger partial charge in [-0.3, -0.25) is 4.79 Å². The van der Waals surface area contributed by atoms with Crippen molar-refractivity contribution in [3.05, 3.63) is 17.5 Å². The van der Waals surface area contributed by atoms with Gasteiger partial charge in [-0.15, -0.1) is 0 Å². The number of aromatic nitrogens is 2. The number of hydrogen-bond acceptors (Lipinski definition) is 5. The average Bonchev–Trinajstić information content (AvgIpc) is 2.46. The third-order valence-corrected chi connectivity index (χ3v) is 4.68. The van der Waals surface area contributed by atoms with E-state index in [9.17, 15) is 4.79 Å². The van der Waals surface area contributed by atoms with E-state index in [1.165, 1.54) is 0 Å². The predicted octanol–water partition coefficient (Wildman–Crippen LogP) is 2.15. The van der Waals surface area contributed by atoms with E-state index in [4.69, 9.17) is 5.73 Å². The lowest BCUT2D eigenvalue weighted by molar-refractivity contribution is 0.0717. The highest BCUT2D eigenvalue weighted by Gasteiger charge is 2.24. The second-order valence-electron chi connectivity index (χ2n) is 5.45. The minimum atomic E-state index is -0.0575. The van der Waals surface area contributed by atoms with Crippen LogP contribution >= 0.6 is 11.8 Å². The molecule has 0 atom stereocenters. The van der Waals surface area contributed by atoms with Crippen LogP contribution in [0.1, 0.15) is 48.8 Å². The lowest BCUT2D eigenvalue weighted by Crippen LogP contribution is -2.39. The summed E-state index contributed by atoms with van der Waals surface area (Å²) in [5, 5.41) is 0. The fourth-order valence-electron chi connectivity index (χ4n) is 2.31. The van der Waals surface area contributed by atoms with Crippen LogP contribution in [0.15, 0.2) is 6.07 Å². The molecule has 1 fully saturated rings. The summed E-state index contributed by atoms with van der Waals surface area (Å²) in [6.07, 6.45) is 2.09. The maximum absolute atomic E-state index is 12.5. The maximum Gasteiger partial charge on any atom is 0.272 e. The Hall–Kier alpha value is -1.30. The van der Waals surface area contributed by atoms with Gasteiger partial charge in [0, 0.05) is 18.8 Å². The predicted molar refractivity (Wildman–Crippen MR) is 83.0 cm³/mol. The highest BCUT2D eigenvalue weighted by molar-refractivity contribution is 7.99. The SMILES string of the molecule is CC(C)c1cc(C(=O)N(C)C2CCSCC2)nc(N)n1. The van der Waals surface area contributed by atoms with Gasteiger partial charge < -0.3 is 10.6 Å². The van der Waals surface area contributed by atoms with Crippen LogP contribution in [0.5, 0.6) is 0 Å². The Morgan fingerprint density at radius 3 is 2.65 bits per heavy atom. The molecule has 5 nitrogen and oxygen atoms in total. The molecule has 6 heteroatoms. The molecule has 0 spiro atoms. The Labute approximate surface area is 124 Å². The molecule has 1 aliphatic heterocycles. The zero-order valence-electron chi connectivity index (χ0n) is 12.3. The second kappa shape index (κ2) is 6.43. The number of carbonyl (C=O) groups is 1. The highest BCUT2D eigenvalue weighted by Crippen LogP contribution is 2.22. The first-order valence-electron chi connectivity index (χ1n) is 6.98. The van der Waals surface area contributed by atoms with E-state index >= 15 is 0 Å². The summed E-state index contributed by atoms with van der Waals surface area (Å²) < 4.78 is 0. The molecule has 0 aromatic carbocycles. The number of amides is 1. The molecule has 1 aromatic rings. The van der Waals surface area contributed by atoms with E-state index in [1.54, 1.807) is 6.07 Å². The van der Waals surface area contributed by atoms with Crippen LogP contribution in [0.25, 0.3) is 0 Å². The van der Waals surface area contributed by atoms with Crippen LogP contribution in [-0.4, -0.2) is 45.4 Å². The first-order valence-corrected chi connectivity index (χ1v) is 8.14. The molecule has 2 rings (SSSR count). The number of thioether (sulfide) groups is 1. The molecule has 1 aliphatic rings. The Morgan fingerprint density at radius 1 is 1.40 bits per heavy atom. The second-order valence-corrected chi connectivity index (χ2v) is 6.68. The fraction of sp³-hybridized carbons (Fsp3) is 0.643. The third-order valence-electron chi connectivity index (χ3n) is 3.63. The first-order chi connectivity index (χ1) is 9.49. The molecule has 0 radical (unpaired) electrons. The Balaban J connectivity index is 2.19. The van der Waals surface area contributed by atoms with Gasteiger partial charge in [0.25, 0.3) is 5.91 Å². The Morgan fingerprint density at radius 2 is 2.05 bits per heavy atom. The average molecular weight is 294 g/mol. The minimum absolute atomic E-state index is 0.0575. The van der Waals surface area contributed by atoms with Crippen molar-refractivity contribution in [2.45, 2.75) is 38.6 Å². The monoisotopic (exact) mass is 294 g/mol. The molecule has 1 saturated heterocycles. The number of nitrogens with zero attached hydrogens (tertiary/aromatic N) is 3. The summed E-state index contributed by atoms with van der Waals surface area (Å²) in [7, 11) is 1.86. The van der Waals surface area contributed by atoms with E-state index < -0.39 is 0 Å². The summed E-state index contributed by atoms with van der Waals surface area (Å²) in [6, 6.07) is 2.07. The van der Waals surface area contributed by atoms with Crippen molar-refractivity contribution in [2.75, 3.05) is 24.3 Å². The molecular weight excluding hydrogens is 272 g/mol. The van der Waals surface area contributed by atoms with Gasteiger partial charge in [-0.25, -0.2) is 9.97 Å². The number of nitrogen functional groups attached to an aromatic ring is 1. The zero-order valence-corrected chi connectivity index (χ0v) is 13.1. The molecule has 1 aromatic heterocycles. The molecule has 0 unspecified atom stereocenters. The molecule has 0 saturated carbocycles. The number of nitrogens with two attached hydrogens (primary N) is 1. The quantitative estimate of drug-likeness (QED) is 0.924. The largest absolute Gasteiger partial charge is 0.368 e. The van der Waals surface area contributed by atoms with Crippen molar-refractivity contribution in [3.8, 4) is 0 Å². The topological polar surface area (TPSA) is 72.1 Å². The van der Waals surface area contributed by atoms with E-state index in [0.717, 1.165) is 30.0 Å². The van der Waals surface area contributed by atoms with E-state index in [1.807, 2.05) is 37.6 Å². The number of rotatable bonds is 3. The van der Waals surface area contributed by atoms with Gasteiger partial charge in [-0.05, 0) is 36.3 Å². The zero-order chi connectivity index (χ0) is 14.7. The fourth-order valence-corrected chi connectivity index (χ4v) is 3.39. The molecule has 0 bridgehead atoms. The van der Waals surface area contributed by atoms with Gasteiger partial charge in [0.05, 0.1) is 0 Å². The molecule has 0 aliphatic carbocycles. The summed E-state index contributed by atoms with van der Waals surface area (Å²) in [5.74, 6) is 2.57. The van der Waals surface area contributed by atoms with Crippen molar-refractivity contribution in [3.63, 3.8) is 0 Å². The van der Waals surface area contributed by atoms with Gasteiger partial charge in [0.1, 0.15) is 5.69 Å². The Bertz CT molecular complexity index is 486. The van der Waals surface area contributed by atoms with Crippen molar-refractivity contribution in [2.24, 2.45) is 0 Å². The lowest BCUT2D eigenvalue weighted by atomic mass is 10.1. The van der Waals surface area contributed by atoms with Gasteiger partial charge in [0.15, 0.2) is 0 Å². The van der Waals surface area contributed by atoms with Crippen LogP contribution in [-0.2, 0) is 0 Å². The first kappa shape index (κ1) is 15.1. The summed E-state index contributed by atoms with van der Waals surface area (Å²) in [4.78, 5) is 22.6. The van der Waals surface area contributed by atoms with Gasteiger partial charge >= 0.3 is 0 Å². The standard InChI is InChI=1S/C14H22N4OS/c1-9(2)11-8-12(17-14(15)16-11)13(19)18(3)10-4-6-20-7-5-10/h8-10H,4-7H2,1-3H3,(H2,15,16,17). The Kier molecular flexibility index (Phi) is 4.86. The molecule has 20 heavy (non-hydrogen) atoms. The normalized spacial score (nSPS) is 16.4. The summed E-state index contributed by atoms with van der Waals surface area (Å²) in [5.41, 5.74) is 6.94. The molecule has 110 valence electrons. The molecule has 2 N–H and O–H groups in total. The number of carbonyl (C=O) groups excluding carboxylic acids is 1.